The van der Waals surface area contributed by atoms with Crippen molar-refractivity contribution in [1.82, 2.24) is 0 Å². The van der Waals surface area contributed by atoms with Crippen LogP contribution in [0.25, 0.3) is 27.1 Å². The van der Waals surface area contributed by atoms with E-state index in [4.69, 9.17) is 11.6 Å². The predicted molar refractivity (Wildman–Crippen MR) is 81.9 cm³/mol. The highest BCUT2D eigenvalue weighted by atomic mass is 35.5. The number of allylic oxidation sites excluding steroid dienone is 1. The van der Waals surface area contributed by atoms with Crippen molar-refractivity contribution in [3.8, 4) is 0 Å². The summed E-state index contributed by atoms with van der Waals surface area (Å²) in [6, 6.07) is 13.1. The fraction of sp³-hybridized carbons (Fsp3) is 0.111. The van der Waals surface area contributed by atoms with Crippen molar-refractivity contribution in [2.45, 2.75) is 12.8 Å². The molecule has 0 bridgehead atoms. The van der Waals surface area contributed by atoms with E-state index in [2.05, 4.69) is 36.4 Å². The number of benzene rings is 3. The minimum Gasteiger partial charge on any atom is -0.0837 e. The second-order valence-corrected chi connectivity index (χ2v) is 5.84. The Morgan fingerprint density at radius 1 is 0.895 bits per heavy atom. The summed E-state index contributed by atoms with van der Waals surface area (Å²) in [4.78, 5) is 0. The fourth-order valence-electron chi connectivity index (χ4n) is 3.73. The fourth-order valence-corrected chi connectivity index (χ4v) is 3.95. The van der Waals surface area contributed by atoms with Crippen molar-refractivity contribution in [3.05, 3.63) is 64.2 Å². The summed E-state index contributed by atoms with van der Waals surface area (Å²) in [5.74, 6) is 0. The Kier molecular flexibility index (Phi) is 1.70. The van der Waals surface area contributed by atoms with Crippen molar-refractivity contribution in [1.29, 1.82) is 0 Å². The zero-order chi connectivity index (χ0) is 12.6. The van der Waals surface area contributed by atoms with Crippen LogP contribution in [0.3, 0.4) is 0 Å². The summed E-state index contributed by atoms with van der Waals surface area (Å²) in [5, 5.41) is 6.15. The van der Waals surface area contributed by atoms with Crippen LogP contribution in [0.4, 0.5) is 0 Å². The first-order valence-electron chi connectivity index (χ1n) is 6.72. The largest absolute Gasteiger partial charge is 0.0837 e. The lowest BCUT2D eigenvalue weighted by atomic mass is 9.89. The Hall–Kier alpha value is -1.79. The molecule has 0 fully saturated rings. The third kappa shape index (κ3) is 1.07. The smallest absolute Gasteiger partial charge is 0.0485 e. The molecule has 5 rings (SSSR count). The summed E-state index contributed by atoms with van der Waals surface area (Å²) in [6.07, 6.45) is 4.70. The molecule has 0 aliphatic heterocycles. The molecular weight excluding hydrogens is 252 g/mol. The van der Waals surface area contributed by atoms with Crippen molar-refractivity contribution < 1.29 is 0 Å². The summed E-state index contributed by atoms with van der Waals surface area (Å²) < 4.78 is 0. The first kappa shape index (κ1) is 10.1. The van der Waals surface area contributed by atoms with E-state index in [0.29, 0.717) is 0 Å². The van der Waals surface area contributed by atoms with Crippen LogP contribution in [-0.4, -0.2) is 0 Å². The lowest BCUT2D eigenvalue weighted by Gasteiger charge is -2.14. The second-order valence-electron chi connectivity index (χ2n) is 5.44. The van der Waals surface area contributed by atoms with E-state index >= 15 is 0 Å². The van der Waals surface area contributed by atoms with E-state index < -0.39 is 0 Å². The van der Waals surface area contributed by atoms with Crippen LogP contribution in [0.5, 0.6) is 0 Å². The monoisotopic (exact) mass is 262 g/mol. The van der Waals surface area contributed by atoms with E-state index in [0.717, 1.165) is 17.9 Å². The minimum atomic E-state index is 0.859. The van der Waals surface area contributed by atoms with Crippen LogP contribution in [0, 0.1) is 0 Å². The number of aryl methyl sites for hydroxylation is 1. The van der Waals surface area contributed by atoms with Gasteiger partial charge < -0.3 is 0 Å². The predicted octanol–water partition coefficient (Wildman–Crippen LogP) is 5.34. The molecule has 3 aromatic carbocycles. The molecule has 0 heterocycles. The minimum absolute atomic E-state index is 0.859. The zero-order valence-corrected chi connectivity index (χ0v) is 11.1. The maximum Gasteiger partial charge on any atom is 0.0485 e. The molecule has 0 atom stereocenters. The summed E-state index contributed by atoms with van der Waals surface area (Å²) in [5.41, 5.74) is 5.75. The molecule has 2 aliphatic rings. The molecule has 3 aromatic rings. The van der Waals surface area contributed by atoms with Crippen LogP contribution >= 0.6 is 11.6 Å². The highest BCUT2D eigenvalue weighted by Gasteiger charge is 2.26. The van der Waals surface area contributed by atoms with E-state index in [-0.39, 0.29) is 0 Å². The van der Waals surface area contributed by atoms with Crippen molar-refractivity contribution in [2.75, 3.05) is 0 Å². The van der Waals surface area contributed by atoms with Crippen LogP contribution in [0.2, 0.25) is 5.02 Å². The van der Waals surface area contributed by atoms with Crippen LogP contribution in [-0.2, 0) is 6.42 Å². The molecular formula is C18H11Cl. The van der Waals surface area contributed by atoms with Crippen LogP contribution in [0.15, 0.2) is 42.5 Å². The molecule has 0 radical (unpaired) electrons. The van der Waals surface area contributed by atoms with E-state index in [1.165, 1.54) is 43.8 Å². The van der Waals surface area contributed by atoms with Gasteiger partial charge in [-0.25, -0.2) is 0 Å². The lowest BCUT2D eigenvalue weighted by Crippen LogP contribution is -1.97. The van der Waals surface area contributed by atoms with Gasteiger partial charge in [-0.15, -0.1) is 0 Å². The first-order valence-corrected chi connectivity index (χ1v) is 7.10. The van der Waals surface area contributed by atoms with Crippen molar-refractivity contribution in [2.24, 2.45) is 0 Å². The van der Waals surface area contributed by atoms with Gasteiger partial charge in [-0.05, 0) is 57.3 Å². The Morgan fingerprint density at radius 3 is 2.74 bits per heavy atom. The molecule has 1 heteroatoms. The van der Waals surface area contributed by atoms with Gasteiger partial charge in [0.25, 0.3) is 0 Å². The van der Waals surface area contributed by atoms with E-state index in [1.807, 2.05) is 6.07 Å². The summed E-state index contributed by atoms with van der Waals surface area (Å²) in [6.45, 7) is 0. The van der Waals surface area contributed by atoms with E-state index in [9.17, 15) is 0 Å². The molecule has 0 spiro atoms. The average molecular weight is 263 g/mol. The molecule has 2 aliphatic carbocycles. The molecule has 0 N–H and O–H groups in total. The molecule has 90 valence electrons. The highest BCUT2D eigenvalue weighted by molar-refractivity contribution is 6.38. The molecule has 19 heavy (non-hydrogen) atoms. The number of rotatable bonds is 0. The zero-order valence-electron chi connectivity index (χ0n) is 10.3. The van der Waals surface area contributed by atoms with Crippen LogP contribution in [0.1, 0.15) is 23.1 Å². The van der Waals surface area contributed by atoms with Gasteiger partial charge in [0.15, 0.2) is 0 Å². The van der Waals surface area contributed by atoms with Gasteiger partial charge in [0.1, 0.15) is 0 Å². The average Bonchev–Trinajstić information content (AvgIpc) is 2.79. The highest BCUT2D eigenvalue weighted by Crippen LogP contribution is 2.49. The number of hydrogen-bond donors (Lipinski definition) is 0. The second kappa shape index (κ2) is 3.20. The molecule has 0 saturated heterocycles. The normalized spacial score (nSPS) is 15.5. The maximum atomic E-state index is 6.38. The molecule has 0 amide bonds. The van der Waals surface area contributed by atoms with Gasteiger partial charge in [0.2, 0.25) is 0 Å². The number of hydrogen-bond acceptors (Lipinski definition) is 0. The Morgan fingerprint density at radius 2 is 1.79 bits per heavy atom. The molecule has 0 nitrogen and oxygen atoms in total. The molecule has 0 saturated carbocycles. The lowest BCUT2D eigenvalue weighted by molar-refractivity contribution is 0.984. The SMILES string of the molecule is Clc1ccc2c3c1ccc1ccc4c(c13)C2=CCC4. The maximum absolute atomic E-state index is 6.38. The van der Waals surface area contributed by atoms with Gasteiger partial charge in [-0.2, -0.15) is 0 Å². The van der Waals surface area contributed by atoms with Gasteiger partial charge in [-0.3, -0.25) is 0 Å². The third-order valence-corrected chi connectivity index (χ3v) is 4.85. The number of halogens is 1. The van der Waals surface area contributed by atoms with Gasteiger partial charge in [0, 0.05) is 10.4 Å². The first-order chi connectivity index (χ1) is 9.34. The summed E-state index contributed by atoms with van der Waals surface area (Å²) >= 11 is 6.38. The van der Waals surface area contributed by atoms with Crippen LogP contribution < -0.4 is 0 Å². The van der Waals surface area contributed by atoms with Crippen molar-refractivity contribution >= 4 is 38.7 Å². The Labute approximate surface area is 116 Å². The molecule has 0 aromatic heterocycles. The van der Waals surface area contributed by atoms with Gasteiger partial charge in [-0.1, -0.05) is 48.0 Å². The topological polar surface area (TPSA) is 0 Å². The quantitative estimate of drug-likeness (QED) is 0.375. The molecule has 0 unspecified atom stereocenters. The van der Waals surface area contributed by atoms with Crippen molar-refractivity contribution in [3.63, 3.8) is 0 Å². The van der Waals surface area contributed by atoms with Gasteiger partial charge >= 0.3 is 0 Å². The number of fused-ring (bicyclic) bond motifs is 1. The Balaban J connectivity index is 2.18. The summed E-state index contributed by atoms with van der Waals surface area (Å²) in [7, 11) is 0. The standard InChI is InChI=1S/C18H11Cl/c19-15-9-8-13-12-3-1-2-10-4-5-11-6-7-14(15)18(13)17(11)16(10)12/h3-9H,1-2H2. The van der Waals surface area contributed by atoms with Gasteiger partial charge in [0.05, 0.1) is 0 Å². The Bertz CT molecular complexity index is 916. The van der Waals surface area contributed by atoms with E-state index in [1.54, 1.807) is 0 Å². The third-order valence-electron chi connectivity index (χ3n) is 4.52.